The lowest BCUT2D eigenvalue weighted by Crippen LogP contribution is -2.37. The summed E-state index contributed by atoms with van der Waals surface area (Å²) in [4.78, 5) is 39.3. The summed E-state index contributed by atoms with van der Waals surface area (Å²) in [7, 11) is 1.83. The van der Waals surface area contributed by atoms with Crippen LogP contribution in [0.15, 0.2) is 42.0 Å². The summed E-state index contributed by atoms with van der Waals surface area (Å²) in [5.41, 5.74) is 2.40. The van der Waals surface area contributed by atoms with E-state index in [0.717, 1.165) is 21.6 Å². The van der Waals surface area contributed by atoms with Crippen LogP contribution in [0.25, 0.3) is 11.0 Å². The summed E-state index contributed by atoms with van der Waals surface area (Å²) in [6.45, 7) is 6.53. The molecule has 2 N–H and O–H groups in total. The van der Waals surface area contributed by atoms with Crippen molar-refractivity contribution in [3.05, 3.63) is 64.1 Å². The fraction of sp³-hybridized carbons (Fsp3) is 0.375. The van der Waals surface area contributed by atoms with Crippen molar-refractivity contribution >= 4 is 34.4 Å². The number of nitrogens with one attached hydrogen (secondary N) is 2. The van der Waals surface area contributed by atoms with Crippen LogP contribution in [0.2, 0.25) is 0 Å². The first kappa shape index (κ1) is 24.4. The van der Waals surface area contributed by atoms with Crippen LogP contribution >= 0.6 is 11.3 Å². The van der Waals surface area contributed by atoms with Crippen molar-refractivity contribution in [1.82, 2.24) is 34.9 Å². The van der Waals surface area contributed by atoms with E-state index in [2.05, 4.69) is 25.4 Å². The molecule has 10 nitrogen and oxygen atoms in total. The summed E-state index contributed by atoms with van der Waals surface area (Å²) in [5.74, 6) is 0.425. The molecule has 184 valence electrons. The topological polar surface area (TPSA) is 118 Å². The summed E-state index contributed by atoms with van der Waals surface area (Å²) in [6.07, 6.45) is 3.61. The van der Waals surface area contributed by atoms with E-state index < -0.39 is 11.7 Å². The Bertz CT molecular complexity index is 1280. The molecule has 0 atom stereocenters. The van der Waals surface area contributed by atoms with Gasteiger partial charge in [-0.15, -0.1) is 11.3 Å². The van der Waals surface area contributed by atoms with Gasteiger partial charge in [0.25, 0.3) is 5.91 Å². The SMILES string of the molecule is Cn1cc(CNC(=O)c2csc(CCN(Cc3nc4ccccc4[nH]3)C(=O)OC(C)(C)C)n2)cn1. The molecule has 4 rings (SSSR count). The minimum absolute atomic E-state index is 0.248. The van der Waals surface area contributed by atoms with Gasteiger partial charge in [0.2, 0.25) is 0 Å². The molecular weight excluding hydrogens is 466 g/mol. The van der Waals surface area contributed by atoms with Crippen molar-refractivity contribution < 1.29 is 14.3 Å². The maximum absolute atomic E-state index is 12.9. The molecule has 0 spiro atoms. The zero-order chi connectivity index (χ0) is 25.0. The normalized spacial score (nSPS) is 11.5. The number of rotatable bonds is 8. The molecular formula is C24H29N7O3S. The number of thiazole rings is 1. The van der Waals surface area contributed by atoms with Gasteiger partial charge in [0.15, 0.2) is 0 Å². The van der Waals surface area contributed by atoms with E-state index in [1.165, 1.54) is 11.3 Å². The molecule has 0 saturated heterocycles. The quantitative estimate of drug-likeness (QED) is 0.385. The summed E-state index contributed by atoms with van der Waals surface area (Å²) >= 11 is 1.39. The molecule has 0 aliphatic carbocycles. The van der Waals surface area contributed by atoms with Crippen LogP contribution in [0.1, 0.15) is 47.7 Å². The predicted octanol–water partition coefficient (Wildman–Crippen LogP) is 3.66. The Kier molecular flexibility index (Phi) is 7.15. The Morgan fingerprint density at radius 1 is 1.23 bits per heavy atom. The zero-order valence-electron chi connectivity index (χ0n) is 20.2. The van der Waals surface area contributed by atoms with Gasteiger partial charge in [0.1, 0.15) is 17.1 Å². The highest BCUT2D eigenvalue weighted by Crippen LogP contribution is 2.17. The third kappa shape index (κ3) is 6.66. The number of ether oxygens (including phenoxy) is 1. The molecule has 11 heteroatoms. The summed E-state index contributed by atoms with van der Waals surface area (Å²) in [6, 6.07) is 7.72. The lowest BCUT2D eigenvalue weighted by Gasteiger charge is -2.26. The number of fused-ring (bicyclic) bond motifs is 1. The maximum atomic E-state index is 12.9. The fourth-order valence-electron chi connectivity index (χ4n) is 3.42. The van der Waals surface area contributed by atoms with E-state index in [0.29, 0.717) is 31.0 Å². The first-order valence-electron chi connectivity index (χ1n) is 11.3. The highest BCUT2D eigenvalue weighted by atomic mass is 32.1. The van der Waals surface area contributed by atoms with Crippen LogP contribution in [0, 0.1) is 0 Å². The average molecular weight is 496 g/mol. The number of aryl methyl sites for hydroxylation is 1. The Hall–Kier alpha value is -3.73. The highest BCUT2D eigenvalue weighted by Gasteiger charge is 2.24. The molecule has 1 aromatic carbocycles. The van der Waals surface area contributed by atoms with Crippen molar-refractivity contribution in [2.24, 2.45) is 7.05 Å². The minimum Gasteiger partial charge on any atom is -0.444 e. The molecule has 0 aliphatic rings. The molecule has 0 saturated carbocycles. The second kappa shape index (κ2) is 10.3. The van der Waals surface area contributed by atoms with Gasteiger partial charge in [0.05, 0.1) is 28.8 Å². The van der Waals surface area contributed by atoms with Gasteiger partial charge in [-0.1, -0.05) is 12.1 Å². The van der Waals surface area contributed by atoms with E-state index in [-0.39, 0.29) is 12.5 Å². The first-order valence-corrected chi connectivity index (χ1v) is 12.2. The molecule has 0 unspecified atom stereocenters. The second-order valence-corrected chi connectivity index (χ2v) is 10.1. The Labute approximate surface area is 207 Å². The van der Waals surface area contributed by atoms with Crippen molar-refractivity contribution in [2.75, 3.05) is 6.54 Å². The Morgan fingerprint density at radius 3 is 2.74 bits per heavy atom. The number of aromatic nitrogens is 5. The van der Waals surface area contributed by atoms with Crippen LogP contribution < -0.4 is 5.32 Å². The van der Waals surface area contributed by atoms with E-state index in [1.54, 1.807) is 21.2 Å². The minimum atomic E-state index is -0.621. The molecule has 3 aromatic heterocycles. The molecule has 0 radical (unpaired) electrons. The molecule has 0 aliphatic heterocycles. The fourth-order valence-corrected chi connectivity index (χ4v) is 4.19. The van der Waals surface area contributed by atoms with Crippen LogP contribution in [-0.4, -0.2) is 53.8 Å². The van der Waals surface area contributed by atoms with Gasteiger partial charge < -0.3 is 19.9 Å². The van der Waals surface area contributed by atoms with Crippen molar-refractivity contribution in [2.45, 2.75) is 45.9 Å². The number of benzene rings is 1. The van der Waals surface area contributed by atoms with Gasteiger partial charge in [-0.3, -0.25) is 9.48 Å². The third-order valence-electron chi connectivity index (χ3n) is 5.02. The lowest BCUT2D eigenvalue weighted by atomic mass is 10.2. The molecule has 0 fully saturated rings. The van der Waals surface area contributed by atoms with Crippen LogP contribution in [0.5, 0.6) is 0 Å². The predicted molar refractivity (Wildman–Crippen MR) is 133 cm³/mol. The van der Waals surface area contributed by atoms with Gasteiger partial charge in [-0.25, -0.2) is 14.8 Å². The number of aromatic amines is 1. The summed E-state index contributed by atoms with van der Waals surface area (Å²) in [5, 5.41) is 9.43. The second-order valence-electron chi connectivity index (χ2n) is 9.18. The average Bonchev–Trinajstić information content (AvgIpc) is 3.53. The molecule has 0 bridgehead atoms. The number of hydrogen-bond acceptors (Lipinski definition) is 7. The smallest absolute Gasteiger partial charge is 0.410 e. The van der Waals surface area contributed by atoms with E-state index >= 15 is 0 Å². The number of carbonyl (C=O) groups is 2. The number of amides is 2. The van der Waals surface area contributed by atoms with Gasteiger partial charge in [-0.2, -0.15) is 5.10 Å². The van der Waals surface area contributed by atoms with Gasteiger partial charge >= 0.3 is 6.09 Å². The number of nitrogens with zero attached hydrogens (tertiary/aromatic N) is 5. The largest absolute Gasteiger partial charge is 0.444 e. The van der Waals surface area contributed by atoms with E-state index in [1.807, 2.05) is 58.3 Å². The number of imidazole rings is 1. The molecule has 35 heavy (non-hydrogen) atoms. The number of carbonyl (C=O) groups excluding carboxylic acids is 2. The van der Waals surface area contributed by atoms with E-state index in [4.69, 9.17) is 4.74 Å². The van der Waals surface area contributed by atoms with Gasteiger partial charge in [-0.05, 0) is 32.9 Å². The Balaban J connectivity index is 1.40. The standard InChI is InChI=1S/C24H29N7O3S/c1-24(2,3)34-23(33)31(14-20-27-17-7-5-6-8-18(17)28-20)10-9-21-29-19(15-35-21)22(32)25-11-16-12-26-30(4)13-16/h5-8,12-13,15H,9-11,14H2,1-4H3,(H,25,32)(H,27,28). The lowest BCUT2D eigenvalue weighted by molar-refractivity contribution is 0.0231. The van der Waals surface area contributed by atoms with Crippen LogP contribution in [0.4, 0.5) is 4.79 Å². The highest BCUT2D eigenvalue weighted by molar-refractivity contribution is 7.09. The van der Waals surface area contributed by atoms with Crippen molar-refractivity contribution in [3.8, 4) is 0 Å². The molecule has 4 aromatic rings. The summed E-state index contributed by atoms with van der Waals surface area (Å²) < 4.78 is 7.30. The zero-order valence-corrected chi connectivity index (χ0v) is 21.1. The van der Waals surface area contributed by atoms with Crippen LogP contribution in [-0.2, 0) is 31.3 Å². The number of H-pyrrole nitrogens is 1. The monoisotopic (exact) mass is 495 g/mol. The molecule has 3 heterocycles. The van der Waals surface area contributed by atoms with Crippen molar-refractivity contribution in [1.29, 1.82) is 0 Å². The van der Waals surface area contributed by atoms with E-state index in [9.17, 15) is 9.59 Å². The maximum Gasteiger partial charge on any atom is 0.410 e. The third-order valence-corrected chi connectivity index (χ3v) is 5.93. The van der Waals surface area contributed by atoms with Crippen molar-refractivity contribution in [3.63, 3.8) is 0 Å². The van der Waals surface area contributed by atoms with Crippen LogP contribution in [0.3, 0.4) is 0 Å². The molecule has 2 amide bonds. The number of para-hydroxylation sites is 2. The van der Waals surface area contributed by atoms with Gasteiger partial charge in [0, 0.05) is 43.7 Å². The Morgan fingerprint density at radius 2 is 2.03 bits per heavy atom. The first-order chi connectivity index (χ1) is 16.7. The number of hydrogen-bond donors (Lipinski definition) is 2.